The van der Waals surface area contributed by atoms with E-state index in [0.717, 1.165) is 12.1 Å². The van der Waals surface area contributed by atoms with Crippen molar-refractivity contribution in [1.82, 2.24) is 15.2 Å². The largest absolute Gasteiger partial charge is 0.319 e. The van der Waals surface area contributed by atoms with E-state index in [4.69, 9.17) is 0 Å². The van der Waals surface area contributed by atoms with Crippen molar-refractivity contribution in [2.24, 2.45) is 0 Å². The van der Waals surface area contributed by atoms with Gasteiger partial charge < -0.3 is 5.32 Å². The Morgan fingerprint density at radius 2 is 2.17 bits per heavy atom. The average molecular weight is 252 g/mol. The van der Waals surface area contributed by atoms with Crippen molar-refractivity contribution in [3.63, 3.8) is 0 Å². The molecule has 1 aromatic heterocycles. The van der Waals surface area contributed by atoms with Gasteiger partial charge in [0.25, 0.3) is 5.91 Å². The summed E-state index contributed by atoms with van der Waals surface area (Å²) in [7, 11) is 0. The molecule has 7 heteroatoms. The van der Waals surface area contributed by atoms with E-state index in [1.807, 2.05) is 6.92 Å². The number of H-pyrrole nitrogens is 1. The second-order valence-electron chi connectivity index (χ2n) is 3.54. The third-order valence-corrected chi connectivity index (χ3v) is 2.25. The van der Waals surface area contributed by atoms with Crippen LogP contribution in [0.4, 0.5) is 14.5 Å². The van der Waals surface area contributed by atoms with Crippen LogP contribution in [0.2, 0.25) is 0 Å². The first-order valence-electron chi connectivity index (χ1n) is 5.28. The first-order chi connectivity index (χ1) is 8.60. The minimum atomic E-state index is -1.03. The molecule has 1 aromatic carbocycles. The summed E-state index contributed by atoms with van der Waals surface area (Å²) in [6.07, 6.45) is 0.617. The van der Waals surface area contributed by atoms with Gasteiger partial charge in [-0.3, -0.25) is 9.89 Å². The summed E-state index contributed by atoms with van der Waals surface area (Å²) >= 11 is 0. The summed E-state index contributed by atoms with van der Waals surface area (Å²) in [6.45, 7) is 1.86. The van der Waals surface area contributed by atoms with Crippen LogP contribution in [0.1, 0.15) is 23.4 Å². The molecule has 5 nitrogen and oxygen atoms in total. The fraction of sp³-hybridized carbons (Fsp3) is 0.182. The van der Waals surface area contributed by atoms with Gasteiger partial charge in [-0.2, -0.15) is 0 Å². The number of hydrogen-bond acceptors (Lipinski definition) is 3. The molecule has 2 N–H and O–H groups in total. The molecule has 0 atom stereocenters. The van der Waals surface area contributed by atoms with E-state index in [9.17, 15) is 13.6 Å². The Morgan fingerprint density at radius 1 is 1.39 bits per heavy atom. The van der Waals surface area contributed by atoms with Gasteiger partial charge in [-0.05, 0) is 12.1 Å². The highest BCUT2D eigenvalue weighted by atomic mass is 19.2. The molecule has 0 spiro atoms. The molecule has 2 aromatic rings. The van der Waals surface area contributed by atoms with Gasteiger partial charge >= 0.3 is 0 Å². The lowest BCUT2D eigenvalue weighted by Gasteiger charge is -2.02. The molecule has 1 heterocycles. The van der Waals surface area contributed by atoms with Gasteiger partial charge in [0.2, 0.25) is 5.82 Å². The number of aryl methyl sites for hydroxylation is 1. The number of benzene rings is 1. The van der Waals surface area contributed by atoms with Gasteiger partial charge in [-0.15, -0.1) is 5.10 Å². The quantitative estimate of drug-likeness (QED) is 0.876. The summed E-state index contributed by atoms with van der Waals surface area (Å²) in [5.74, 6) is -2.06. The Hall–Kier alpha value is -2.31. The molecule has 0 radical (unpaired) electrons. The van der Waals surface area contributed by atoms with Crippen molar-refractivity contribution in [1.29, 1.82) is 0 Å². The highest BCUT2D eigenvalue weighted by Crippen LogP contribution is 2.13. The lowest BCUT2D eigenvalue weighted by molar-refractivity contribution is 0.101. The monoisotopic (exact) mass is 252 g/mol. The first-order valence-corrected chi connectivity index (χ1v) is 5.28. The summed E-state index contributed by atoms with van der Waals surface area (Å²) < 4.78 is 25.6. The number of hydrogen-bond donors (Lipinski definition) is 2. The van der Waals surface area contributed by atoms with Crippen LogP contribution in [0.5, 0.6) is 0 Å². The van der Waals surface area contributed by atoms with Gasteiger partial charge in [0.15, 0.2) is 11.6 Å². The maximum Gasteiger partial charge on any atom is 0.295 e. The standard InChI is InChI=1S/C11H10F2N4O/c1-2-9-15-10(17-16-9)11(18)14-6-3-4-7(12)8(13)5-6/h3-5H,2H2,1H3,(H,14,18)(H,15,16,17). The summed E-state index contributed by atoms with van der Waals surface area (Å²) in [5, 5.41) is 8.67. The van der Waals surface area contributed by atoms with E-state index in [1.165, 1.54) is 6.07 Å². The zero-order chi connectivity index (χ0) is 13.1. The molecule has 0 bridgehead atoms. The highest BCUT2D eigenvalue weighted by Gasteiger charge is 2.13. The Bertz CT molecular complexity index is 582. The minimum absolute atomic E-state index is 0.0448. The van der Waals surface area contributed by atoms with E-state index < -0.39 is 17.5 Å². The Kier molecular flexibility index (Phi) is 3.31. The third kappa shape index (κ3) is 2.50. The summed E-state index contributed by atoms with van der Waals surface area (Å²) in [5.41, 5.74) is 0.141. The lowest BCUT2D eigenvalue weighted by Crippen LogP contribution is -2.14. The van der Waals surface area contributed by atoms with E-state index in [-0.39, 0.29) is 11.5 Å². The number of halogens is 2. The fourth-order valence-corrected chi connectivity index (χ4v) is 1.32. The molecule has 0 aliphatic rings. The van der Waals surface area contributed by atoms with Crippen LogP contribution < -0.4 is 5.32 Å². The lowest BCUT2D eigenvalue weighted by atomic mass is 10.3. The average Bonchev–Trinajstić information content (AvgIpc) is 2.82. The zero-order valence-electron chi connectivity index (χ0n) is 9.50. The molecule has 1 amide bonds. The molecule has 0 aliphatic carbocycles. The second kappa shape index (κ2) is 4.91. The predicted octanol–water partition coefficient (Wildman–Crippen LogP) is 1.90. The van der Waals surface area contributed by atoms with Crippen molar-refractivity contribution < 1.29 is 13.6 Å². The number of aromatic nitrogens is 3. The molecule has 18 heavy (non-hydrogen) atoms. The van der Waals surface area contributed by atoms with Crippen LogP contribution in [-0.2, 0) is 6.42 Å². The number of anilines is 1. The van der Waals surface area contributed by atoms with Gasteiger partial charge in [0, 0.05) is 18.2 Å². The Balaban J connectivity index is 2.13. The number of rotatable bonds is 3. The number of carbonyl (C=O) groups is 1. The van der Waals surface area contributed by atoms with Crippen molar-refractivity contribution >= 4 is 11.6 Å². The molecular weight excluding hydrogens is 242 g/mol. The number of amides is 1. The summed E-state index contributed by atoms with van der Waals surface area (Å²) in [4.78, 5) is 15.6. The first kappa shape index (κ1) is 12.2. The number of nitrogens with zero attached hydrogens (tertiary/aromatic N) is 2. The van der Waals surface area contributed by atoms with Crippen LogP contribution in [-0.4, -0.2) is 21.1 Å². The van der Waals surface area contributed by atoms with E-state index in [2.05, 4.69) is 20.5 Å². The normalized spacial score (nSPS) is 10.4. The maximum atomic E-state index is 12.9. The number of nitrogens with one attached hydrogen (secondary N) is 2. The summed E-state index contributed by atoms with van der Waals surface area (Å²) in [6, 6.07) is 3.07. The van der Waals surface area contributed by atoms with Crippen molar-refractivity contribution in [2.75, 3.05) is 5.32 Å². The Morgan fingerprint density at radius 3 is 2.78 bits per heavy atom. The van der Waals surface area contributed by atoms with Crippen LogP contribution >= 0.6 is 0 Å². The molecular formula is C11H10F2N4O. The van der Waals surface area contributed by atoms with E-state index in [1.54, 1.807) is 0 Å². The van der Waals surface area contributed by atoms with Crippen LogP contribution in [0, 0.1) is 11.6 Å². The smallest absolute Gasteiger partial charge is 0.295 e. The molecule has 94 valence electrons. The van der Waals surface area contributed by atoms with Gasteiger partial charge in [0.1, 0.15) is 5.82 Å². The number of carbonyl (C=O) groups excluding carboxylic acids is 1. The topological polar surface area (TPSA) is 70.7 Å². The predicted molar refractivity (Wildman–Crippen MR) is 60.1 cm³/mol. The van der Waals surface area contributed by atoms with Crippen molar-refractivity contribution in [2.45, 2.75) is 13.3 Å². The number of aromatic amines is 1. The maximum absolute atomic E-state index is 12.9. The van der Waals surface area contributed by atoms with Crippen molar-refractivity contribution in [3.8, 4) is 0 Å². The SMILES string of the molecule is CCc1nc(C(=O)Nc2ccc(F)c(F)c2)n[nH]1. The van der Waals surface area contributed by atoms with Crippen LogP contribution in [0.3, 0.4) is 0 Å². The zero-order valence-corrected chi connectivity index (χ0v) is 9.50. The highest BCUT2D eigenvalue weighted by molar-refractivity contribution is 6.01. The van der Waals surface area contributed by atoms with E-state index >= 15 is 0 Å². The molecule has 0 fully saturated rings. The Labute approximate surface area is 101 Å². The van der Waals surface area contributed by atoms with Gasteiger partial charge in [-0.1, -0.05) is 6.92 Å². The van der Waals surface area contributed by atoms with Gasteiger partial charge in [0.05, 0.1) is 0 Å². The fourth-order valence-electron chi connectivity index (χ4n) is 1.32. The van der Waals surface area contributed by atoms with Crippen LogP contribution in [0.15, 0.2) is 18.2 Å². The third-order valence-electron chi connectivity index (χ3n) is 2.25. The molecule has 0 unspecified atom stereocenters. The molecule has 0 saturated heterocycles. The van der Waals surface area contributed by atoms with Gasteiger partial charge in [-0.25, -0.2) is 13.8 Å². The second-order valence-corrected chi connectivity index (χ2v) is 3.54. The van der Waals surface area contributed by atoms with Crippen molar-refractivity contribution in [3.05, 3.63) is 41.5 Å². The minimum Gasteiger partial charge on any atom is -0.319 e. The van der Waals surface area contributed by atoms with E-state index in [0.29, 0.717) is 12.2 Å². The molecule has 0 saturated carbocycles. The molecule has 0 aliphatic heterocycles. The molecule has 2 rings (SSSR count). The van der Waals surface area contributed by atoms with Crippen LogP contribution in [0.25, 0.3) is 0 Å².